The van der Waals surface area contributed by atoms with E-state index in [4.69, 9.17) is 11.0 Å². The number of nitrogens with zero attached hydrogens (tertiary/aromatic N) is 3. The fourth-order valence-electron chi connectivity index (χ4n) is 1.23. The Labute approximate surface area is 93.7 Å². The van der Waals surface area contributed by atoms with Gasteiger partial charge in [-0.1, -0.05) is 0 Å². The van der Waals surface area contributed by atoms with Crippen LogP contribution in [-0.2, 0) is 4.79 Å². The first-order chi connectivity index (χ1) is 7.58. The number of aromatic nitrogens is 1. The van der Waals surface area contributed by atoms with Crippen LogP contribution in [0.15, 0.2) is 12.3 Å². The summed E-state index contributed by atoms with van der Waals surface area (Å²) in [6, 6.07) is 3.52. The van der Waals surface area contributed by atoms with Crippen molar-refractivity contribution < 1.29 is 4.79 Å². The van der Waals surface area contributed by atoms with E-state index in [0.717, 1.165) is 0 Å². The highest BCUT2D eigenvalue weighted by Gasteiger charge is 2.11. The monoisotopic (exact) mass is 219 g/mol. The average molecular weight is 219 g/mol. The normalized spacial score (nSPS) is 9.31. The van der Waals surface area contributed by atoms with Crippen molar-refractivity contribution in [2.75, 3.05) is 31.3 Å². The first-order valence-electron chi connectivity index (χ1n) is 4.65. The number of pyridine rings is 1. The molecule has 0 aromatic carbocycles. The van der Waals surface area contributed by atoms with E-state index in [-0.39, 0.29) is 12.5 Å². The first-order valence-corrected chi connectivity index (χ1v) is 4.65. The van der Waals surface area contributed by atoms with Crippen LogP contribution in [0, 0.1) is 11.3 Å². The Morgan fingerprint density at radius 2 is 2.44 bits per heavy atom. The molecule has 3 N–H and O–H groups in total. The number of hydrogen-bond acceptors (Lipinski definition) is 5. The van der Waals surface area contributed by atoms with E-state index in [0.29, 0.717) is 17.1 Å². The van der Waals surface area contributed by atoms with Crippen molar-refractivity contribution in [3.05, 3.63) is 17.8 Å². The van der Waals surface area contributed by atoms with E-state index < -0.39 is 0 Å². The van der Waals surface area contributed by atoms with Gasteiger partial charge in [0.05, 0.1) is 24.0 Å². The molecule has 16 heavy (non-hydrogen) atoms. The lowest BCUT2D eigenvalue weighted by molar-refractivity contribution is -0.119. The Balaban J connectivity index is 2.95. The molecular weight excluding hydrogens is 206 g/mol. The molecule has 0 atom stereocenters. The molecule has 0 radical (unpaired) electrons. The number of nitrogens with two attached hydrogens (primary N) is 1. The van der Waals surface area contributed by atoms with Crippen molar-refractivity contribution in [1.82, 2.24) is 10.3 Å². The molecule has 1 aromatic rings. The number of nitrogens with one attached hydrogen (secondary N) is 1. The zero-order valence-corrected chi connectivity index (χ0v) is 9.19. The van der Waals surface area contributed by atoms with Crippen LogP contribution in [0.3, 0.4) is 0 Å². The van der Waals surface area contributed by atoms with Gasteiger partial charge in [0, 0.05) is 14.1 Å². The van der Waals surface area contributed by atoms with Crippen LogP contribution in [0.25, 0.3) is 0 Å². The quantitative estimate of drug-likeness (QED) is 0.728. The van der Waals surface area contributed by atoms with Crippen molar-refractivity contribution in [1.29, 1.82) is 5.26 Å². The van der Waals surface area contributed by atoms with E-state index >= 15 is 0 Å². The minimum atomic E-state index is -0.148. The molecule has 0 saturated heterocycles. The predicted molar refractivity (Wildman–Crippen MR) is 60.7 cm³/mol. The number of carbonyl (C=O) groups is 1. The maximum Gasteiger partial charge on any atom is 0.239 e. The maximum atomic E-state index is 11.2. The fraction of sp³-hybridized carbons (Fsp3) is 0.300. The molecule has 6 heteroatoms. The third-order valence-corrected chi connectivity index (χ3v) is 2.03. The summed E-state index contributed by atoms with van der Waals surface area (Å²) in [7, 11) is 3.24. The average Bonchev–Trinajstić information content (AvgIpc) is 2.28. The fourth-order valence-corrected chi connectivity index (χ4v) is 1.23. The van der Waals surface area contributed by atoms with Crippen LogP contribution in [0.2, 0.25) is 0 Å². The summed E-state index contributed by atoms with van der Waals surface area (Å²) in [6.07, 6.45) is 1.45. The van der Waals surface area contributed by atoms with Crippen molar-refractivity contribution >= 4 is 17.4 Å². The van der Waals surface area contributed by atoms with Gasteiger partial charge < -0.3 is 16.0 Å². The van der Waals surface area contributed by atoms with Gasteiger partial charge in [-0.15, -0.1) is 0 Å². The summed E-state index contributed by atoms with van der Waals surface area (Å²) in [5.41, 5.74) is 6.30. The lowest BCUT2D eigenvalue weighted by atomic mass is 10.2. The van der Waals surface area contributed by atoms with Crippen LogP contribution < -0.4 is 16.0 Å². The van der Waals surface area contributed by atoms with E-state index in [2.05, 4.69) is 10.3 Å². The Kier molecular flexibility index (Phi) is 3.67. The summed E-state index contributed by atoms with van der Waals surface area (Å²) in [5.74, 6) is 0.297. The standard InChI is InChI=1S/C10H13N5O/c1-13-9(16)6-15(2)10-7(4-11)3-8(12)5-14-10/h3,5H,6,12H2,1-2H3,(H,13,16). The zero-order valence-electron chi connectivity index (χ0n) is 9.19. The van der Waals surface area contributed by atoms with Crippen LogP contribution in [0.1, 0.15) is 5.56 Å². The molecule has 1 amide bonds. The Hall–Kier alpha value is -2.29. The molecule has 0 saturated carbocycles. The molecule has 0 unspecified atom stereocenters. The number of amides is 1. The SMILES string of the molecule is CNC(=O)CN(C)c1ncc(N)cc1C#N. The molecule has 84 valence electrons. The first kappa shape index (κ1) is 11.8. The van der Waals surface area contributed by atoms with Gasteiger partial charge >= 0.3 is 0 Å². The van der Waals surface area contributed by atoms with E-state index in [1.165, 1.54) is 12.3 Å². The predicted octanol–water partition coefficient (Wildman–Crippen LogP) is -0.282. The Bertz CT molecular complexity index is 437. The molecule has 1 heterocycles. The van der Waals surface area contributed by atoms with Gasteiger partial charge in [-0.3, -0.25) is 4.79 Å². The van der Waals surface area contributed by atoms with Crippen molar-refractivity contribution in [3.8, 4) is 6.07 Å². The molecule has 6 nitrogen and oxygen atoms in total. The van der Waals surface area contributed by atoms with Gasteiger partial charge in [0.1, 0.15) is 11.9 Å². The van der Waals surface area contributed by atoms with Crippen LogP contribution >= 0.6 is 0 Å². The van der Waals surface area contributed by atoms with Crippen LogP contribution in [0.4, 0.5) is 11.5 Å². The van der Waals surface area contributed by atoms with Gasteiger partial charge in [-0.05, 0) is 6.07 Å². The van der Waals surface area contributed by atoms with E-state index in [1.54, 1.807) is 19.0 Å². The Morgan fingerprint density at radius 1 is 1.75 bits per heavy atom. The highest BCUT2D eigenvalue weighted by molar-refractivity contribution is 5.81. The molecule has 0 bridgehead atoms. The molecule has 1 aromatic heterocycles. The summed E-state index contributed by atoms with van der Waals surface area (Å²) >= 11 is 0. The van der Waals surface area contributed by atoms with Crippen molar-refractivity contribution in [2.45, 2.75) is 0 Å². The molecule has 0 spiro atoms. The molecule has 0 aliphatic carbocycles. The van der Waals surface area contributed by atoms with Gasteiger partial charge in [-0.25, -0.2) is 4.98 Å². The van der Waals surface area contributed by atoms with Crippen LogP contribution in [-0.4, -0.2) is 31.5 Å². The number of anilines is 2. The van der Waals surface area contributed by atoms with E-state index in [9.17, 15) is 4.79 Å². The van der Waals surface area contributed by atoms with Gasteiger partial charge in [0.25, 0.3) is 0 Å². The van der Waals surface area contributed by atoms with Crippen molar-refractivity contribution in [2.24, 2.45) is 0 Å². The second-order valence-corrected chi connectivity index (χ2v) is 3.28. The van der Waals surface area contributed by atoms with E-state index in [1.807, 2.05) is 6.07 Å². The smallest absolute Gasteiger partial charge is 0.239 e. The van der Waals surface area contributed by atoms with Gasteiger partial charge in [0.2, 0.25) is 5.91 Å². The third kappa shape index (κ3) is 2.60. The Morgan fingerprint density at radius 3 is 3.00 bits per heavy atom. The van der Waals surface area contributed by atoms with Crippen molar-refractivity contribution in [3.63, 3.8) is 0 Å². The number of likely N-dealkylation sites (N-methyl/N-ethyl adjacent to an activating group) is 2. The van der Waals surface area contributed by atoms with Gasteiger partial charge in [-0.2, -0.15) is 5.26 Å². The number of hydrogen-bond donors (Lipinski definition) is 2. The second-order valence-electron chi connectivity index (χ2n) is 3.28. The highest BCUT2D eigenvalue weighted by Crippen LogP contribution is 2.17. The summed E-state index contributed by atoms with van der Waals surface area (Å²) in [4.78, 5) is 16.8. The minimum Gasteiger partial charge on any atom is -0.397 e. The topological polar surface area (TPSA) is 95.0 Å². The summed E-state index contributed by atoms with van der Waals surface area (Å²) in [6.45, 7) is 0.141. The molecular formula is C10H13N5O. The molecule has 0 aliphatic heterocycles. The van der Waals surface area contributed by atoms with Crippen LogP contribution in [0.5, 0.6) is 0 Å². The number of nitriles is 1. The zero-order chi connectivity index (χ0) is 12.1. The lowest BCUT2D eigenvalue weighted by Gasteiger charge is -2.18. The number of carbonyl (C=O) groups excluding carboxylic acids is 1. The molecule has 0 fully saturated rings. The summed E-state index contributed by atoms with van der Waals surface area (Å²) < 4.78 is 0. The minimum absolute atomic E-state index is 0.141. The number of rotatable bonds is 3. The second kappa shape index (κ2) is 4.98. The molecule has 1 rings (SSSR count). The number of nitrogen functional groups attached to an aromatic ring is 1. The molecule has 0 aliphatic rings. The lowest BCUT2D eigenvalue weighted by Crippen LogP contribution is -2.33. The summed E-state index contributed by atoms with van der Waals surface area (Å²) in [5, 5.41) is 11.4. The highest BCUT2D eigenvalue weighted by atomic mass is 16.1. The maximum absolute atomic E-state index is 11.2. The third-order valence-electron chi connectivity index (χ3n) is 2.03. The van der Waals surface area contributed by atoms with Gasteiger partial charge in [0.15, 0.2) is 0 Å². The largest absolute Gasteiger partial charge is 0.397 e.